The molecule has 2 fully saturated rings. The molecular weight excluding hydrogens is 504 g/mol. The van der Waals surface area contributed by atoms with Crippen LogP contribution in [0.4, 0.5) is 14.5 Å². The fourth-order valence-corrected chi connectivity index (χ4v) is 5.63. The summed E-state index contributed by atoms with van der Waals surface area (Å²) in [5.41, 5.74) is 1.21. The Balaban J connectivity index is 1.58. The number of carbonyl (C=O) groups excluding carboxylic acids is 1. The van der Waals surface area contributed by atoms with Crippen molar-refractivity contribution in [3.8, 4) is 11.5 Å². The van der Waals surface area contributed by atoms with E-state index in [4.69, 9.17) is 9.47 Å². The number of methoxy groups -OCH3 is 1. The summed E-state index contributed by atoms with van der Waals surface area (Å²) in [6.45, 7) is 0.271. The van der Waals surface area contributed by atoms with Crippen molar-refractivity contribution in [1.82, 2.24) is 0 Å². The first-order valence-corrected chi connectivity index (χ1v) is 12.1. The van der Waals surface area contributed by atoms with Crippen molar-refractivity contribution in [2.75, 3.05) is 12.0 Å². The van der Waals surface area contributed by atoms with Crippen molar-refractivity contribution >= 4 is 27.5 Å². The third kappa shape index (κ3) is 3.76. The van der Waals surface area contributed by atoms with E-state index in [0.29, 0.717) is 35.6 Å². The van der Waals surface area contributed by atoms with Gasteiger partial charge in [0.15, 0.2) is 0 Å². The molecule has 4 nitrogen and oxygen atoms in total. The van der Waals surface area contributed by atoms with Gasteiger partial charge in [-0.3, -0.25) is 9.69 Å². The molecule has 176 valence electrons. The SMILES string of the molecule is COc1cc(Br)c(F)cc1[C@@H]1N(c2cc(F)ccc2OCc2ccccc2)C(=O)C12CCCC2. The van der Waals surface area contributed by atoms with Crippen LogP contribution in [0.2, 0.25) is 0 Å². The van der Waals surface area contributed by atoms with Gasteiger partial charge in [0.2, 0.25) is 5.91 Å². The third-order valence-electron chi connectivity index (χ3n) is 6.91. The molecule has 1 amide bonds. The molecule has 0 aromatic heterocycles. The number of benzene rings is 3. The largest absolute Gasteiger partial charge is 0.496 e. The Labute approximate surface area is 205 Å². The van der Waals surface area contributed by atoms with Gasteiger partial charge in [0.1, 0.15) is 29.7 Å². The fraction of sp³-hybridized carbons (Fsp3) is 0.296. The van der Waals surface area contributed by atoms with E-state index >= 15 is 0 Å². The Hall–Kier alpha value is -2.93. The lowest BCUT2D eigenvalue weighted by molar-refractivity contribution is -0.139. The van der Waals surface area contributed by atoms with Crippen LogP contribution in [0.5, 0.6) is 11.5 Å². The van der Waals surface area contributed by atoms with Gasteiger partial charge in [0, 0.05) is 11.6 Å². The molecule has 3 aromatic rings. The van der Waals surface area contributed by atoms with Gasteiger partial charge in [0.25, 0.3) is 0 Å². The molecule has 1 heterocycles. The second-order valence-electron chi connectivity index (χ2n) is 8.84. The summed E-state index contributed by atoms with van der Waals surface area (Å²) in [7, 11) is 1.52. The zero-order chi connectivity index (χ0) is 23.9. The van der Waals surface area contributed by atoms with Crippen molar-refractivity contribution in [1.29, 1.82) is 0 Å². The molecule has 1 atom stereocenters. The number of anilines is 1. The zero-order valence-electron chi connectivity index (χ0n) is 18.7. The maximum absolute atomic E-state index is 14.7. The van der Waals surface area contributed by atoms with Crippen molar-refractivity contribution < 1.29 is 23.0 Å². The Morgan fingerprint density at radius 2 is 1.76 bits per heavy atom. The van der Waals surface area contributed by atoms with Crippen LogP contribution in [0.25, 0.3) is 0 Å². The first-order chi connectivity index (χ1) is 16.4. The molecule has 0 N–H and O–H groups in total. The highest BCUT2D eigenvalue weighted by Crippen LogP contribution is 2.62. The molecule has 2 aliphatic rings. The number of nitrogens with zero attached hydrogens (tertiary/aromatic N) is 1. The lowest BCUT2D eigenvalue weighted by atomic mass is 9.66. The number of hydrogen-bond acceptors (Lipinski definition) is 3. The second-order valence-corrected chi connectivity index (χ2v) is 9.69. The average Bonchev–Trinajstić information content (AvgIpc) is 3.36. The molecule has 3 aromatic carbocycles. The number of halogens is 3. The Morgan fingerprint density at radius 1 is 1.03 bits per heavy atom. The first-order valence-electron chi connectivity index (χ1n) is 11.3. The summed E-state index contributed by atoms with van der Waals surface area (Å²) in [6, 6.07) is 16.3. The molecule has 1 saturated carbocycles. The van der Waals surface area contributed by atoms with Gasteiger partial charge in [-0.2, -0.15) is 0 Å². The van der Waals surface area contributed by atoms with Crippen molar-refractivity contribution in [2.24, 2.45) is 5.41 Å². The molecular formula is C27H24BrF2NO3. The molecule has 34 heavy (non-hydrogen) atoms. The zero-order valence-corrected chi connectivity index (χ0v) is 20.3. The minimum absolute atomic E-state index is 0.0875. The Bertz CT molecular complexity index is 1230. The second kappa shape index (κ2) is 9.02. The van der Waals surface area contributed by atoms with Gasteiger partial charge in [-0.25, -0.2) is 8.78 Å². The Kier molecular flexibility index (Phi) is 6.06. The lowest BCUT2D eigenvalue weighted by Crippen LogP contribution is -2.62. The van der Waals surface area contributed by atoms with Crippen LogP contribution in [-0.4, -0.2) is 13.0 Å². The molecule has 0 unspecified atom stereocenters. The van der Waals surface area contributed by atoms with E-state index in [1.54, 1.807) is 11.0 Å². The standard InChI is InChI=1S/C27H24BrF2NO3/c1-33-24-15-20(28)21(30)14-19(24)25-27(11-5-6-12-27)26(32)31(25)22-13-18(29)9-10-23(22)34-16-17-7-3-2-4-8-17/h2-4,7-10,13-15,25H,5-6,11-12,16H2,1H3/t25-/m0/s1. The topological polar surface area (TPSA) is 38.8 Å². The number of rotatable bonds is 6. The number of ether oxygens (including phenoxy) is 2. The highest BCUT2D eigenvalue weighted by Gasteiger charge is 2.63. The fourth-order valence-electron chi connectivity index (χ4n) is 5.30. The molecule has 0 bridgehead atoms. The van der Waals surface area contributed by atoms with Crippen LogP contribution >= 0.6 is 15.9 Å². The van der Waals surface area contributed by atoms with Gasteiger partial charge < -0.3 is 9.47 Å². The van der Waals surface area contributed by atoms with Crippen LogP contribution in [-0.2, 0) is 11.4 Å². The number of carbonyl (C=O) groups is 1. The minimum Gasteiger partial charge on any atom is -0.496 e. The molecule has 7 heteroatoms. The number of hydrogen-bond donors (Lipinski definition) is 0. The molecule has 0 radical (unpaired) electrons. The van der Waals surface area contributed by atoms with Crippen molar-refractivity contribution in [3.63, 3.8) is 0 Å². The molecule has 1 aliphatic carbocycles. The van der Waals surface area contributed by atoms with E-state index < -0.39 is 23.1 Å². The summed E-state index contributed by atoms with van der Waals surface area (Å²) in [5, 5.41) is 0. The van der Waals surface area contributed by atoms with Crippen LogP contribution in [0.15, 0.2) is 65.1 Å². The Morgan fingerprint density at radius 3 is 2.47 bits per heavy atom. The molecule has 1 spiro atoms. The minimum atomic E-state index is -0.656. The monoisotopic (exact) mass is 527 g/mol. The van der Waals surface area contributed by atoms with Crippen LogP contribution in [0, 0.1) is 17.0 Å². The van der Waals surface area contributed by atoms with E-state index in [1.165, 1.54) is 31.4 Å². The van der Waals surface area contributed by atoms with Crippen LogP contribution < -0.4 is 14.4 Å². The number of amides is 1. The summed E-state index contributed by atoms with van der Waals surface area (Å²) in [6.07, 6.45) is 3.22. The summed E-state index contributed by atoms with van der Waals surface area (Å²) < 4.78 is 41.0. The molecule has 5 rings (SSSR count). The average molecular weight is 528 g/mol. The van der Waals surface area contributed by atoms with Crippen molar-refractivity contribution in [2.45, 2.75) is 38.3 Å². The normalized spacial score (nSPS) is 18.8. The van der Waals surface area contributed by atoms with Crippen LogP contribution in [0.3, 0.4) is 0 Å². The van der Waals surface area contributed by atoms with Gasteiger partial charge in [-0.15, -0.1) is 0 Å². The van der Waals surface area contributed by atoms with Gasteiger partial charge >= 0.3 is 0 Å². The predicted molar refractivity (Wildman–Crippen MR) is 129 cm³/mol. The highest BCUT2D eigenvalue weighted by atomic mass is 79.9. The maximum atomic E-state index is 14.7. The van der Waals surface area contributed by atoms with E-state index in [9.17, 15) is 13.6 Å². The number of β-lactam (4-membered cyclic amide) rings is 1. The lowest BCUT2D eigenvalue weighted by Gasteiger charge is -2.55. The third-order valence-corrected chi connectivity index (χ3v) is 7.51. The van der Waals surface area contributed by atoms with E-state index in [-0.39, 0.29) is 17.0 Å². The molecule has 1 aliphatic heterocycles. The summed E-state index contributed by atoms with van der Waals surface area (Å²) in [5.74, 6) is -0.133. The van der Waals surface area contributed by atoms with E-state index in [0.717, 1.165) is 18.4 Å². The van der Waals surface area contributed by atoms with Gasteiger partial charge in [0.05, 0.1) is 28.7 Å². The highest BCUT2D eigenvalue weighted by molar-refractivity contribution is 9.10. The summed E-state index contributed by atoms with van der Waals surface area (Å²) in [4.78, 5) is 15.2. The smallest absolute Gasteiger partial charge is 0.236 e. The summed E-state index contributed by atoms with van der Waals surface area (Å²) >= 11 is 3.22. The van der Waals surface area contributed by atoms with Crippen LogP contribution in [0.1, 0.15) is 42.9 Å². The maximum Gasteiger partial charge on any atom is 0.236 e. The van der Waals surface area contributed by atoms with Gasteiger partial charge in [-0.1, -0.05) is 43.2 Å². The predicted octanol–water partition coefficient (Wildman–Crippen LogP) is 6.96. The van der Waals surface area contributed by atoms with Crippen molar-refractivity contribution in [3.05, 3.63) is 87.9 Å². The molecule has 1 saturated heterocycles. The quantitative estimate of drug-likeness (QED) is 0.325. The van der Waals surface area contributed by atoms with E-state index in [1.807, 2.05) is 30.3 Å². The first kappa shape index (κ1) is 22.8. The van der Waals surface area contributed by atoms with E-state index in [2.05, 4.69) is 15.9 Å². The van der Waals surface area contributed by atoms with Gasteiger partial charge in [-0.05, 0) is 58.6 Å².